The van der Waals surface area contributed by atoms with E-state index in [2.05, 4.69) is 36.3 Å². The molecular formula is C20H24ClF3N4OSi. The Morgan fingerprint density at radius 1 is 1.27 bits per heavy atom. The summed E-state index contributed by atoms with van der Waals surface area (Å²) < 4.78 is 46.7. The molecule has 0 fully saturated rings. The fourth-order valence-corrected chi connectivity index (χ4v) is 4.00. The summed E-state index contributed by atoms with van der Waals surface area (Å²) in [5, 5.41) is 3.68. The van der Waals surface area contributed by atoms with Gasteiger partial charge in [-0.2, -0.15) is 9.78 Å². The van der Waals surface area contributed by atoms with Crippen molar-refractivity contribution in [3.05, 3.63) is 42.0 Å². The lowest BCUT2D eigenvalue weighted by Crippen LogP contribution is -2.22. The first-order chi connectivity index (χ1) is 13.9. The van der Waals surface area contributed by atoms with E-state index in [0.717, 1.165) is 28.9 Å². The van der Waals surface area contributed by atoms with Gasteiger partial charge in [0.05, 0.1) is 17.2 Å². The third-order valence-electron chi connectivity index (χ3n) is 4.63. The highest BCUT2D eigenvalue weighted by molar-refractivity contribution is 6.76. The molecule has 0 aliphatic rings. The normalized spacial score (nSPS) is 12.7. The van der Waals surface area contributed by atoms with Crippen molar-refractivity contribution in [2.75, 3.05) is 6.61 Å². The zero-order chi connectivity index (χ0) is 22.3. The van der Waals surface area contributed by atoms with Gasteiger partial charge in [0, 0.05) is 43.8 Å². The highest BCUT2D eigenvalue weighted by Gasteiger charge is 2.32. The van der Waals surface area contributed by atoms with Gasteiger partial charge < -0.3 is 9.30 Å². The van der Waals surface area contributed by atoms with Crippen molar-refractivity contribution in [2.24, 2.45) is 0 Å². The van der Waals surface area contributed by atoms with Crippen molar-refractivity contribution in [1.29, 1.82) is 0 Å². The quantitative estimate of drug-likeness (QED) is 0.235. The van der Waals surface area contributed by atoms with Crippen LogP contribution in [0.15, 0.2) is 31.2 Å². The molecule has 10 heteroatoms. The molecule has 3 rings (SSSR count). The summed E-state index contributed by atoms with van der Waals surface area (Å²) in [6.45, 7) is 13.5. The lowest BCUT2D eigenvalue weighted by Gasteiger charge is -2.16. The predicted molar refractivity (Wildman–Crippen MR) is 116 cm³/mol. The minimum atomic E-state index is -4.59. The second kappa shape index (κ2) is 8.20. The van der Waals surface area contributed by atoms with Gasteiger partial charge in [0.15, 0.2) is 0 Å². The summed E-state index contributed by atoms with van der Waals surface area (Å²) in [5.41, 5.74) is 3.53. The molecule has 0 radical (unpaired) electrons. The standard InChI is InChI=1S/C20H24ClF3N4OSi/c1-13(2)15-8-17(21)26-18-16(14-9-25-28(10-14)20(22,23)24)11-27(19(15)18)12-29-6-7-30(3,4)5/h8-11H,1,6-7,12H2,2-5H3. The van der Waals surface area contributed by atoms with Gasteiger partial charge in [-0.05, 0) is 24.6 Å². The van der Waals surface area contributed by atoms with Crippen molar-refractivity contribution in [3.63, 3.8) is 0 Å². The Morgan fingerprint density at radius 2 is 1.97 bits per heavy atom. The van der Waals surface area contributed by atoms with Crippen LogP contribution in [0.5, 0.6) is 0 Å². The summed E-state index contributed by atoms with van der Waals surface area (Å²) in [5.74, 6) is 0. The number of allylic oxidation sites excluding steroid dienone is 1. The fraction of sp³-hybridized carbons (Fsp3) is 0.400. The van der Waals surface area contributed by atoms with Gasteiger partial charge in [-0.15, -0.1) is 13.2 Å². The molecule has 0 saturated carbocycles. The van der Waals surface area contributed by atoms with Crippen LogP contribution in [0.25, 0.3) is 27.7 Å². The van der Waals surface area contributed by atoms with E-state index in [1.165, 1.54) is 6.20 Å². The number of fused-ring (bicyclic) bond motifs is 1. The van der Waals surface area contributed by atoms with Crippen molar-refractivity contribution in [3.8, 4) is 11.1 Å². The third-order valence-corrected chi connectivity index (χ3v) is 6.53. The molecule has 0 aliphatic heterocycles. The number of ether oxygens (including phenoxy) is 1. The van der Waals surface area contributed by atoms with E-state index in [9.17, 15) is 13.2 Å². The Balaban J connectivity index is 2.07. The van der Waals surface area contributed by atoms with Crippen LogP contribution < -0.4 is 0 Å². The maximum atomic E-state index is 13.0. The number of pyridine rings is 1. The highest BCUT2D eigenvalue weighted by Crippen LogP contribution is 2.35. The monoisotopic (exact) mass is 456 g/mol. The summed E-state index contributed by atoms with van der Waals surface area (Å²) in [6.07, 6.45) is -0.757. The topological polar surface area (TPSA) is 44.9 Å². The Kier molecular flexibility index (Phi) is 6.17. The molecule has 0 spiro atoms. The molecule has 0 atom stereocenters. The molecule has 3 aromatic rings. The number of hydrogen-bond donors (Lipinski definition) is 0. The van der Waals surface area contributed by atoms with Crippen LogP contribution >= 0.6 is 11.6 Å². The maximum absolute atomic E-state index is 13.0. The summed E-state index contributed by atoms with van der Waals surface area (Å²) in [6, 6.07) is 2.71. The molecule has 0 bridgehead atoms. The number of aromatic nitrogens is 4. The van der Waals surface area contributed by atoms with Crippen LogP contribution in [0.1, 0.15) is 12.5 Å². The average molecular weight is 457 g/mol. The molecule has 3 heterocycles. The molecule has 0 aromatic carbocycles. The van der Waals surface area contributed by atoms with Gasteiger partial charge in [0.25, 0.3) is 0 Å². The molecule has 162 valence electrons. The van der Waals surface area contributed by atoms with E-state index in [-0.39, 0.29) is 16.6 Å². The summed E-state index contributed by atoms with van der Waals surface area (Å²) in [4.78, 5) is 4.39. The minimum absolute atomic E-state index is 0.0276. The van der Waals surface area contributed by atoms with Crippen LogP contribution in [0.4, 0.5) is 13.2 Å². The van der Waals surface area contributed by atoms with E-state index in [1.54, 1.807) is 12.3 Å². The molecule has 0 N–H and O–H groups in total. The molecular weight excluding hydrogens is 433 g/mol. The fourth-order valence-electron chi connectivity index (χ4n) is 3.05. The summed E-state index contributed by atoms with van der Waals surface area (Å²) in [7, 11) is -1.24. The minimum Gasteiger partial charge on any atom is -0.361 e. The van der Waals surface area contributed by atoms with Crippen LogP contribution in [-0.2, 0) is 17.8 Å². The Labute approximate surface area is 179 Å². The van der Waals surface area contributed by atoms with Crippen molar-refractivity contribution in [2.45, 2.75) is 45.6 Å². The summed E-state index contributed by atoms with van der Waals surface area (Å²) >= 11 is 6.20. The number of rotatable bonds is 7. The SMILES string of the molecule is C=C(C)c1cc(Cl)nc2c(-c3cnn(C(F)(F)F)c3)cn(COCC[Si](C)(C)C)c12. The Bertz CT molecular complexity index is 1080. The van der Waals surface area contributed by atoms with Gasteiger partial charge in [-0.3, -0.25) is 0 Å². The van der Waals surface area contributed by atoms with Crippen LogP contribution in [0.3, 0.4) is 0 Å². The molecule has 0 saturated heterocycles. The predicted octanol–water partition coefficient (Wildman–Crippen LogP) is 6.37. The van der Waals surface area contributed by atoms with E-state index in [1.807, 2.05) is 11.5 Å². The van der Waals surface area contributed by atoms with E-state index in [4.69, 9.17) is 16.3 Å². The van der Waals surface area contributed by atoms with E-state index < -0.39 is 14.4 Å². The zero-order valence-electron chi connectivity index (χ0n) is 17.3. The average Bonchev–Trinajstić information content (AvgIpc) is 3.21. The first kappa shape index (κ1) is 22.6. The Morgan fingerprint density at radius 3 is 2.53 bits per heavy atom. The van der Waals surface area contributed by atoms with Gasteiger partial charge in [-0.25, -0.2) is 4.98 Å². The van der Waals surface area contributed by atoms with Crippen LogP contribution in [-0.4, -0.2) is 34.0 Å². The van der Waals surface area contributed by atoms with Crippen molar-refractivity contribution >= 4 is 36.3 Å². The second-order valence-corrected chi connectivity index (χ2v) is 14.5. The largest absolute Gasteiger partial charge is 0.504 e. The molecule has 0 amide bonds. The number of alkyl halides is 3. The van der Waals surface area contributed by atoms with E-state index in [0.29, 0.717) is 23.3 Å². The third kappa shape index (κ3) is 4.96. The van der Waals surface area contributed by atoms with E-state index >= 15 is 0 Å². The van der Waals surface area contributed by atoms with Gasteiger partial charge >= 0.3 is 6.30 Å². The molecule has 0 aliphatic carbocycles. The first-order valence-electron chi connectivity index (χ1n) is 9.42. The molecule has 5 nitrogen and oxygen atoms in total. The smallest absolute Gasteiger partial charge is 0.361 e. The molecule has 3 aromatic heterocycles. The second-order valence-electron chi connectivity index (χ2n) is 8.47. The van der Waals surface area contributed by atoms with Crippen LogP contribution in [0, 0.1) is 0 Å². The molecule has 30 heavy (non-hydrogen) atoms. The van der Waals surface area contributed by atoms with Gasteiger partial charge in [0.1, 0.15) is 11.9 Å². The number of hydrogen-bond acceptors (Lipinski definition) is 3. The Hall–Kier alpha value is -2.10. The maximum Gasteiger partial charge on any atom is 0.504 e. The molecule has 0 unspecified atom stereocenters. The van der Waals surface area contributed by atoms with Crippen molar-refractivity contribution < 1.29 is 17.9 Å². The number of halogens is 4. The number of nitrogens with zero attached hydrogens (tertiary/aromatic N) is 4. The van der Waals surface area contributed by atoms with Gasteiger partial charge in [-0.1, -0.05) is 37.8 Å². The van der Waals surface area contributed by atoms with Gasteiger partial charge in [0.2, 0.25) is 0 Å². The van der Waals surface area contributed by atoms with Crippen molar-refractivity contribution in [1.82, 2.24) is 19.3 Å². The van der Waals surface area contributed by atoms with Crippen LogP contribution in [0.2, 0.25) is 30.8 Å². The zero-order valence-corrected chi connectivity index (χ0v) is 19.1. The lowest BCUT2D eigenvalue weighted by molar-refractivity contribution is -0.212. The highest BCUT2D eigenvalue weighted by atomic mass is 35.5. The first-order valence-corrected chi connectivity index (χ1v) is 13.5. The lowest BCUT2D eigenvalue weighted by atomic mass is 10.1.